The van der Waals surface area contributed by atoms with Gasteiger partial charge in [-0.15, -0.1) is 11.3 Å². The van der Waals surface area contributed by atoms with Crippen LogP contribution in [-0.2, 0) is 16.0 Å². The van der Waals surface area contributed by atoms with E-state index >= 15 is 0 Å². The molecule has 0 atom stereocenters. The predicted octanol–water partition coefficient (Wildman–Crippen LogP) is 2.51. The van der Waals surface area contributed by atoms with Crippen LogP contribution < -0.4 is 10.3 Å². The van der Waals surface area contributed by atoms with Gasteiger partial charge in [-0.25, -0.2) is 14.8 Å². The standard InChI is InChI=1S/C18H21FN4O2S/c1-12-11-26-18(20-12)10-17(24)22-21-13(2)14-3-4-16(15(19)9-14)23-5-7-25-8-6-23/h3-4,9,11H,5-8,10H2,1-2H3,(H,22,24)/b21-13-. The van der Waals surface area contributed by atoms with E-state index in [1.807, 2.05) is 23.3 Å². The molecule has 1 amide bonds. The molecular weight excluding hydrogens is 355 g/mol. The number of ether oxygens (including phenoxy) is 1. The summed E-state index contributed by atoms with van der Waals surface area (Å²) in [6.07, 6.45) is 0.180. The molecule has 0 saturated carbocycles. The van der Waals surface area contributed by atoms with Crippen molar-refractivity contribution in [2.45, 2.75) is 20.3 Å². The van der Waals surface area contributed by atoms with Crippen molar-refractivity contribution in [3.05, 3.63) is 45.7 Å². The van der Waals surface area contributed by atoms with Crippen LogP contribution in [0.3, 0.4) is 0 Å². The minimum Gasteiger partial charge on any atom is -0.378 e. The van der Waals surface area contributed by atoms with Crippen LogP contribution in [0.4, 0.5) is 10.1 Å². The molecule has 1 aromatic heterocycles. The van der Waals surface area contributed by atoms with Crippen LogP contribution in [0.2, 0.25) is 0 Å². The van der Waals surface area contributed by atoms with Crippen LogP contribution >= 0.6 is 11.3 Å². The van der Waals surface area contributed by atoms with Crippen molar-refractivity contribution in [3.63, 3.8) is 0 Å². The Labute approximate surface area is 155 Å². The highest BCUT2D eigenvalue weighted by Crippen LogP contribution is 2.22. The van der Waals surface area contributed by atoms with E-state index in [1.54, 1.807) is 13.0 Å². The number of nitrogens with zero attached hydrogens (tertiary/aromatic N) is 3. The predicted molar refractivity (Wildman–Crippen MR) is 100 cm³/mol. The number of carbonyl (C=O) groups is 1. The van der Waals surface area contributed by atoms with Crippen LogP contribution in [0.25, 0.3) is 0 Å². The number of hydrogen-bond acceptors (Lipinski definition) is 6. The number of nitrogens with one attached hydrogen (secondary N) is 1. The summed E-state index contributed by atoms with van der Waals surface area (Å²) in [4.78, 5) is 18.2. The molecule has 8 heteroatoms. The van der Waals surface area contributed by atoms with Crippen molar-refractivity contribution in [2.24, 2.45) is 5.10 Å². The van der Waals surface area contributed by atoms with E-state index in [0.29, 0.717) is 43.3 Å². The zero-order valence-corrected chi connectivity index (χ0v) is 15.6. The molecule has 0 spiro atoms. The SMILES string of the molecule is C/C(=N/NC(=O)Cc1nc(C)cs1)c1ccc(N2CCOCC2)c(F)c1. The lowest BCUT2D eigenvalue weighted by Gasteiger charge is -2.29. The number of aryl methyl sites for hydroxylation is 1. The minimum atomic E-state index is -0.302. The molecule has 0 radical (unpaired) electrons. The maximum absolute atomic E-state index is 14.5. The van der Waals surface area contributed by atoms with Crippen molar-refractivity contribution in [1.29, 1.82) is 0 Å². The molecule has 1 saturated heterocycles. The van der Waals surface area contributed by atoms with Gasteiger partial charge in [0.2, 0.25) is 5.91 Å². The van der Waals surface area contributed by atoms with E-state index in [0.717, 1.165) is 10.7 Å². The van der Waals surface area contributed by atoms with Crippen LogP contribution in [-0.4, -0.2) is 42.9 Å². The van der Waals surface area contributed by atoms with E-state index in [1.165, 1.54) is 17.4 Å². The Balaban J connectivity index is 1.63. The molecule has 0 unspecified atom stereocenters. The highest BCUT2D eigenvalue weighted by atomic mass is 32.1. The van der Waals surface area contributed by atoms with Gasteiger partial charge in [0.25, 0.3) is 0 Å². The second kappa shape index (κ2) is 8.37. The molecule has 3 rings (SSSR count). The number of anilines is 1. The lowest BCUT2D eigenvalue weighted by molar-refractivity contribution is -0.120. The Morgan fingerprint density at radius 1 is 1.42 bits per heavy atom. The summed E-state index contributed by atoms with van der Waals surface area (Å²) >= 11 is 1.44. The lowest BCUT2D eigenvalue weighted by Crippen LogP contribution is -2.36. The van der Waals surface area contributed by atoms with Gasteiger partial charge < -0.3 is 9.64 Å². The number of halogens is 1. The number of thiazole rings is 1. The van der Waals surface area contributed by atoms with Crippen LogP contribution in [0.1, 0.15) is 23.2 Å². The number of carbonyl (C=O) groups excluding carboxylic acids is 1. The van der Waals surface area contributed by atoms with Gasteiger partial charge >= 0.3 is 0 Å². The van der Waals surface area contributed by atoms with Crippen molar-refractivity contribution in [1.82, 2.24) is 10.4 Å². The largest absolute Gasteiger partial charge is 0.378 e. The van der Waals surface area contributed by atoms with E-state index in [-0.39, 0.29) is 18.1 Å². The van der Waals surface area contributed by atoms with Crippen LogP contribution in [0, 0.1) is 12.7 Å². The fraction of sp³-hybridized carbons (Fsp3) is 0.389. The van der Waals surface area contributed by atoms with Gasteiger partial charge in [0.1, 0.15) is 10.8 Å². The first-order valence-electron chi connectivity index (χ1n) is 8.39. The van der Waals surface area contributed by atoms with Gasteiger partial charge in [0.05, 0.1) is 31.0 Å². The molecular formula is C18H21FN4O2S. The Bertz CT molecular complexity index is 815. The molecule has 138 valence electrons. The van der Waals surface area contributed by atoms with E-state index in [9.17, 15) is 9.18 Å². The number of amides is 1. The van der Waals surface area contributed by atoms with Crippen LogP contribution in [0.15, 0.2) is 28.7 Å². The first kappa shape index (κ1) is 18.5. The quantitative estimate of drug-likeness (QED) is 0.643. The number of morpholine rings is 1. The Kier molecular flexibility index (Phi) is 5.95. The van der Waals surface area contributed by atoms with Crippen LogP contribution in [0.5, 0.6) is 0 Å². The molecule has 0 aliphatic carbocycles. The molecule has 1 aliphatic rings. The summed E-state index contributed by atoms with van der Waals surface area (Å²) in [6, 6.07) is 5.00. The molecule has 2 aromatic rings. The summed E-state index contributed by atoms with van der Waals surface area (Å²) in [7, 11) is 0. The average Bonchev–Trinajstić information content (AvgIpc) is 3.05. The first-order chi connectivity index (χ1) is 12.5. The van der Waals surface area contributed by atoms with E-state index in [2.05, 4.69) is 15.5 Å². The monoisotopic (exact) mass is 376 g/mol. The zero-order valence-electron chi connectivity index (χ0n) is 14.8. The summed E-state index contributed by atoms with van der Waals surface area (Å²) < 4.78 is 19.7. The Hall–Kier alpha value is -2.32. The molecule has 1 fully saturated rings. The summed E-state index contributed by atoms with van der Waals surface area (Å²) in [5.74, 6) is -0.548. The molecule has 26 heavy (non-hydrogen) atoms. The maximum Gasteiger partial charge on any atom is 0.246 e. The first-order valence-corrected chi connectivity index (χ1v) is 9.27. The number of hydrogen-bond donors (Lipinski definition) is 1. The summed E-state index contributed by atoms with van der Waals surface area (Å²) in [5.41, 5.74) is 5.13. The molecule has 6 nitrogen and oxygen atoms in total. The van der Waals surface area contributed by atoms with Gasteiger partial charge in [0, 0.05) is 29.7 Å². The minimum absolute atomic E-state index is 0.180. The summed E-state index contributed by atoms with van der Waals surface area (Å²) in [6.45, 7) is 6.18. The second-order valence-electron chi connectivity index (χ2n) is 6.06. The van der Waals surface area contributed by atoms with Crippen molar-refractivity contribution >= 4 is 28.6 Å². The van der Waals surface area contributed by atoms with Gasteiger partial charge in [-0.1, -0.05) is 6.07 Å². The van der Waals surface area contributed by atoms with E-state index < -0.39 is 0 Å². The summed E-state index contributed by atoms with van der Waals surface area (Å²) in [5, 5.41) is 6.72. The number of aromatic nitrogens is 1. The molecule has 0 bridgehead atoms. The third-order valence-electron chi connectivity index (χ3n) is 4.04. The maximum atomic E-state index is 14.5. The highest BCUT2D eigenvalue weighted by molar-refractivity contribution is 7.09. The average molecular weight is 376 g/mol. The number of hydrazone groups is 1. The number of benzene rings is 1. The lowest BCUT2D eigenvalue weighted by atomic mass is 10.1. The smallest absolute Gasteiger partial charge is 0.246 e. The van der Waals surface area contributed by atoms with Gasteiger partial charge in [-0.3, -0.25) is 4.79 Å². The molecule has 1 aliphatic heterocycles. The Morgan fingerprint density at radius 3 is 2.85 bits per heavy atom. The third kappa shape index (κ3) is 4.64. The van der Waals surface area contributed by atoms with Gasteiger partial charge in [0.15, 0.2) is 0 Å². The van der Waals surface area contributed by atoms with Crippen molar-refractivity contribution < 1.29 is 13.9 Å². The third-order valence-corrected chi connectivity index (χ3v) is 5.01. The van der Waals surface area contributed by atoms with Crippen molar-refractivity contribution in [2.75, 3.05) is 31.2 Å². The highest BCUT2D eigenvalue weighted by Gasteiger charge is 2.16. The fourth-order valence-corrected chi connectivity index (χ4v) is 3.43. The van der Waals surface area contributed by atoms with Gasteiger partial charge in [-0.2, -0.15) is 5.10 Å². The van der Waals surface area contributed by atoms with Crippen molar-refractivity contribution in [3.8, 4) is 0 Å². The Morgan fingerprint density at radius 2 is 2.19 bits per heavy atom. The topological polar surface area (TPSA) is 66.8 Å². The molecule has 2 heterocycles. The molecule has 1 N–H and O–H groups in total. The second-order valence-corrected chi connectivity index (χ2v) is 7.00. The van der Waals surface area contributed by atoms with Gasteiger partial charge in [-0.05, 0) is 26.0 Å². The normalized spacial score (nSPS) is 15.2. The number of rotatable bonds is 5. The zero-order chi connectivity index (χ0) is 18.5. The van der Waals surface area contributed by atoms with E-state index in [4.69, 9.17) is 4.74 Å². The fourth-order valence-electron chi connectivity index (χ4n) is 2.66. The molecule has 1 aromatic carbocycles.